The van der Waals surface area contributed by atoms with E-state index in [0.29, 0.717) is 18.2 Å². The number of carbonyl (C=O) groups is 1. The largest absolute Gasteiger partial charge is 0.355 e. The second-order valence-electron chi connectivity index (χ2n) is 8.20. The van der Waals surface area contributed by atoms with Crippen LogP contribution in [0, 0.1) is 5.82 Å². The molecule has 0 unspecified atom stereocenters. The van der Waals surface area contributed by atoms with E-state index in [-0.39, 0.29) is 17.5 Å². The van der Waals surface area contributed by atoms with Gasteiger partial charge in [0.25, 0.3) is 0 Å². The number of halogens is 1. The summed E-state index contributed by atoms with van der Waals surface area (Å²) in [6.07, 6.45) is 4.55. The van der Waals surface area contributed by atoms with Crippen molar-refractivity contribution in [2.24, 2.45) is 0 Å². The SMILES string of the molecule is O=C(CSc1nnc(CN2CCCCC2)n1-c1ccc(F)cc1)NCCCSc1ccccc1. The summed E-state index contributed by atoms with van der Waals surface area (Å²) in [5, 5.41) is 12.4. The maximum atomic E-state index is 13.5. The number of hydrogen-bond donors (Lipinski definition) is 1. The summed E-state index contributed by atoms with van der Waals surface area (Å²) in [7, 11) is 0. The molecule has 1 aliphatic rings. The van der Waals surface area contributed by atoms with Crippen molar-refractivity contribution in [2.75, 3.05) is 31.1 Å². The molecule has 1 saturated heterocycles. The van der Waals surface area contributed by atoms with E-state index in [1.54, 1.807) is 23.9 Å². The minimum Gasteiger partial charge on any atom is -0.355 e. The van der Waals surface area contributed by atoms with Crippen LogP contribution in [0.1, 0.15) is 31.5 Å². The number of carbonyl (C=O) groups excluding carboxylic acids is 1. The van der Waals surface area contributed by atoms with Crippen molar-refractivity contribution in [1.29, 1.82) is 0 Å². The molecule has 1 amide bonds. The van der Waals surface area contributed by atoms with Gasteiger partial charge in [-0.05, 0) is 74.5 Å². The molecule has 9 heteroatoms. The fourth-order valence-electron chi connectivity index (χ4n) is 3.85. The Morgan fingerprint density at radius 2 is 1.74 bits per heavy atom. The molecule has 2 aromatic carbocycles. The Bertz CT molecular complexity index is 1040. The predicted molar refractivity (Wildman–Crippen MR) is 136 cm³/mol. The van der Waals surface area contributed by atoms with Crippen LogP contribution in [0.2, 0.25) is 0 Å². The van der Waals surface area contributed by atoms with E-state index >= 15 is 0 Å². The summed E-state index contributed by atoms with van der Waals surface area (Å²) in [6.45, 7) is 3.42. The molecule has 1 N–H and O–H groups in total. The zero-order valence-electron chi connectivity index (χ0n) is 19.2. The van der Waals surface area contributed by atoms with Gasteiger partial charge in [0.05, 0.1) is 12.3 Å². The smallest absolute Gasteiger partial charge is 0.230 e. The molecule has 4 rings (SSSR count). The zero-order chi connectivity index (χ0) is 23.6. The van der Waals surface area contributed by atoms with E-state index < -0.39 is 0 Å². The van der Waals surface area contributed by atoms with Crippen LogP contribution in [0.5, 0.6) is 0 Å². The number of benzene rings is 2. The van der Waals surface area contributed by atoms with Gasteiger partial charge in [0.15, 0.2) is 11.0 Å². The van der Waals surface area contributed by atoms with Crippen molar-refractivity contribution in [3.05, 3.63) is 66.2 Å². The van der Waals surface area contributed by atoms with E-state index in [0.717, 1.165) is 36.8 Å². The first kappa shape index (κ1) is 24.8. The van der Waals surface area contributed by atoms with Crippen molar-refractivity contribution in [2.45, 2.75) is 42.3 Å². The number of thioether (sulfide) groups is 2. The van der Waals surface area contributed by atoms with Gasteiger partial charge in [0, 0.05) is 17.1 Å². The second kappa shape index (κ2) is 12.9. The number of piperidine rings is 1. The minimum absolute atomic E-state index is 0.0269. The normalized spacial score (nSPS) is 14.3. The van der Waals surface area contributed by atoms with Crippen LogP contribution in [-0.2, 0) is 11.3 Å². The van der Waals surface area contributed by atoms with Crippen LogP contribution in [0.25, 0.3) is 5.69 Å². The van der Waals surface area contributed by atoms with Crippen LogP contribution in [0.15, 0.2) is 64.6 Å². The highest BCUT2D eigenvalue weighted by molar-refractivity contribution is 7.99. The molecule has 0 atom stereocenters. The molecule has 0 saturated carbocycles. The van der Waals surface area contributed by atoms with Gasteiger partial charge in [0.1, 0.15) is 5.82 Å². The molecule has 2 heterocycles. The third-order valence-electron chi connectivity index (χ3n) is 5.59. The number of rotatable bonds is 11. The van der Waals surface area contributed by atoms with Crippen molar-refractivity contribution in [1.82, 2.24) is 25.0 Å². The molecular weight excluding hydrogens is 469 g/mol. The highest BCUT2D eigenvalue weighted by Gasteiger charge is 2.19. The van der Waals surface area contributed by atoms with Gasteiger partial charge in [-0.3, -0.25) is 14.3 Å². The van der Waals surface area contributed by atoms with E-state index in [2.05, 4.69) is 32.5 Å². The molecule has 1 fully saturated rings. The Morgan fingerprint density at radius 3 is 2.50 bits per heavy atom. The van der Waals surface area contributed by atoms with Gasteiger partial charge >= 0.3 is 0 Å². The third kappa shape index (κ3) is 7.32. The maximum absolute atomic E-state index is 13.5. The van der Waals surface area contributed by atoms with Crippen molar-refractivity contribution >= 4 is 29.4 Å². The fourth-order valence-corrected chi connectivity index (χ4v) is 5.53. The van der Waals surface area contributed by atoms with Crippen LogP contribution >= 0.6 is 23.5 Å². The average molecular weight is 500 g/mol. The van der Waals surface area contributed by atoms with E-state index in [1.165, 1.54) is 48.1 Å². The number of amides is 1. The molecule has 0 aliphatic carbocycles. The maximum Gasteiger partial charge on any atom is 0.230 e. The lowest BCUT2D eigenvalue weighted by molar-refractivity contribution is -0.118. The molecule has 180 valence electrons. The third-order valence-corrected chi connectivity index (χ3v) is 7.61. The molecule has 0 bridgehead atoms. The Balaban J connectivity index is 1.31. The highest BCUT2D eigenvalue weighted by Crippen LogP contribution is 2.24. The Morgan fingerprint density at radius 1 is 0.971 bits per heavy atom. The standard InChI is InChI=1S/C25H30FN5OS2/c26-20-10-12-21(13-11-20)31-23(18-30-15-5-2-6-16-30)28-29-25(31)34-19-24(32)27-14-7-17-33-22-8-3-1-4-9-22/h1,3-4,8-13H,2,5-7,14-19H2,(H,27,32). The van der Waals surface area contributed by atoms with Gasteiger partial charge in [0.2, 0.25) is 5.91 Å². The summed E-state index contributed by atoms with van der Waals surface area (Å²) in [5.74, 6) is 1.72. The lowest BCUT2D eigenvalue weighted by atomic mass is 10.1. The Hall–Kier alpha value is -2.36. The molecule has 1 aliphatic heterocycles. The zero-order valence-corrected chi connectivity index (χ0v) is 20.8. The second-order valence-corrected chi connectivity index (χ2v) is 10.3. The molecule has 0 spiro atoms. The average Bonchev–Trinajstić information content (AvgIpc) is 3.26. The molecule has 1 aromatic heterocycles. The Labute approximate surface area is 208 Å². The van der Waals surface area contributed by atoms with Crippen LogP contribution in [-0.4, -0.2) is 56.7 Å². The highest BCUT2D eigenvalue weighted by atomic mass is 32.2. The van der Waals surface area contributed by atoms with Crippen LogP contribution < -0.4 is 5.32 Å². The number of nitrogens with zero attached hydrogens (tertiary/aromatic N) is 4. The molecule has 34 heavy (non-hydrogen) atoms. The van der Waals surface area contributed by atoms with E-state index in [1.807, 2.05) is 22.8 Å². The van der Waals surface area contributed by atoms with Gasteiger partial charge < -0.3 is 5.32 Å². The number of aromatic nitrogens is 3. The molecule has 6 nitrogen and oxygen atoms in total. The van der Waals surface area contributed by atoms with Gasteiger partial charge in [-0.1, -0.05) is 36.4 Å². The topological polar surface area (TPSA) is 63.1 Å². The number of hydrogen-bond acceptors (Lipinski definition) is 6. The first-order chi connectivity index (χ1) is 16.7. The number of likely N-dealkylation sites (tertiary alicyclic amines) is 1. The van der Waals surface area contributed by atoms with Gasteiger partial charge in [-0.15, -0.1) is 22.0 Å². The summed E-state index contributed by atoms with van der Waals surface area (Å²) >= 11 is 3.15. The molecule has 0 radical (unpaired) electrons. The van der Waals surface area contributed by atoms with E-state index in [4.69, 9.17) is 0 Å². The monoisotopic (exact) mass is 499 g/mol. The van der Waals surface area contributed by atoms with E-state index in [9.17, 15) is 9.18 Å². The van der Waals surface area contributed by atoms with Gasteiger partial charge in [-0.2, -0.15) is 0 Å². The first-order valence-corrected chi connectivity index (χ1v) is 13.7. The van der Waals surface area contributed by atoms with Crippen LogP contribution in [0.4, 0.5) is 4.39 Å². The summed E-state index contributed by atoms with van der Waals surface area (Å²) in [6, 6.07) is 16.6. The lowest BCUT2D eigenvalue weighted by Gasteiger charge is -2.26. The quantitative estimate of drug-likeness (QED) is 0.303. The molecular formula is C25H30FN5OS2. The van der Waals surface area contributed by atoms with Crippen molar-refractivity contribution in [3.63, 3.8) is 0 Å². The predicted octanol–water partition coefficient (Wildman–Crippen LogP) is 4.78. The summed E-state index contributed by atoms with van der Waals surface area (Å²) < 4.78 is 15.5. The fraction of sp³-hybridized carbons (Fsp3) is 0.400. The summed E-state index contributed by atoms with van der Waals surface area (Å²) in [4.78, 5) is 16.0. The number of nitrogens with one attached hydrogen (secondary N) is 1. The van der Waals surface area contributed by atoms with Crippen molar-refractivity contribution < 1.29 is 9.18 Å². The minimum atomic E-state index is -0.284. The lowest BCUT2D eigenvalue weighted by Crippen LogP contribution is -2.30. The van der Waals surface area contributed by atoms with Crippen molar-refractivity contribution in [3.8, 4) is 5.69 Å². The summed E-state index contributed by atoms with van der Waals surface area (Å²) in [5.41, 5.74) is 0.805. The first-order valence-electron chi connectivity index (χ1n) is 11.7. The molecule has 3 aromatic rings. The van der Waals surface area contributed by atoms with Crippen LogP contribution in [0.3, 0.4) is 0 Å². The Kier molecular flexibility index (Phi) is 9.41. The van der Waals surface area contributed by atoms with Gasteiger partial charge in [-0.25, -0.2) is 4.39 Å².